The molecule has 3 rings (SSSR count). The zero-order chi connectivity index (χ0) is 13.4. The molecule has 1 N–H and O–H groups in total. The summed E-state index contributed by atoms with van der Waals surface area (Å²) in [7, 11) is 0. The minimum absolute atomic E-state index is 0.0234. The third-order valence-electron chi connectivity index (χ3n) is 2.85. The summed E-state index contributed by atoms with van der Waals surface area (Å²) >= 11 is 6.98. The Morgan fingerprint density at radius 1 is 1.32 bits per heavy atom. The fourth-order valence-electron chi connectivity index (χ4n) is 1.92. The predicted octanol–water partition coefficient (Wildman–Crippen LogP) is 3.86. The largest absolute Gasteiger partial charge is 0.482 e. The van der Waals surface area contributed by atoms with Gasteiger partial charge in [-0.05, 0) is 39.7 Å². The molecule has 0 aliphatic carbocycles. The third-order valence-corrected chi connectivity index (χ3v) is 4.51. The van der Waals surface area contributed by atoms with Crippen LogP contribution in [0.5, 0.6) is 5.75 Å². The van der Waals surface area contributed by atoms with E-state index >= 15 is 0 Å². The maximum absolute atomic E-state index is 11.3. The Hall–Kier alpha value is -1.27. The molecule has 1 unspecified atom stereocenters. The molecule has 98 valence electrons. The standard InChI is InChI=1S/C13H9Br2NO3/c14-12(8-3-4-18-13(8)15)7-1-2-10-9(5-7)16-11(17)6-19-10/h1-5,12H,6H2,(H,16,17). The quantitative estimate of drug-likeness (QED) is 0.797. The number of ether oxygens (including phenoxy) is 1. The highest BCUT2D eigenvalue weighted by Gasteiger charge is 2.20. The van der Waals surface area contributed by atoms with Crippen LogP contribution in [-0.2, 0) is 4.79 Å². The van der Waals surface area contributed by atoms with Gasteiger partial charge in [-0.3, -0.25) is 4.79 Å². The minimum Gasteiger partial charge on any atom is -0.482 e. The van der Waals surface area contributed by atoms with E-state index in [0.717, 1.165) is 11.1 Å². The van der Waals surface area contributed by atoms with Crippen molar-refractivity contribution >= 4 is 43.5 Å². The number of carbonyl (C=O) groups excluding carboxylic acids is 1. The Morgan fingerprint density at radius 2 is 2.16 bits per heavy atom. The molecule has 0 fully saturated rings. The van der Waals surface area contributed by atoms with Crippen LogP contribution >= 0.6 is 31.9 Å². The van der Waals surface area contributed by atoms with Gasteiger partial charge in [-0.25, -0.2) is 0 Å². The summed E-state index contributed by atoms with van der Waals surface area (Å²) < 4.78 is 11.2. The van der Waals surface area contributed by atoms with E-state index < -0.39 is 0 Å². The fraction of sp³-hybridized carbons (Fsp3) is 0.154. The molecule has 19 heavy (non-hydrogen) atoms. The average Bonchev–Trinajstić information content (AvgIpc) is 2.83. The lowest BCUT2D eigenvalue weighted by atomic mass is 10.1. The van der Waals surface area contributed by atoms with Gasteiger partial charge in [-0.15, -0.1) is 0 Å². The first-order chi connectivity index (χ1) is 9.15. The van der Waals surface area contributed by atoms with E-state index in [9.17, 15) is 4.79 Å². The van der Waals surface area contributed by atoms with Crippen molar-refractivity contribution in [2.45, 2.75) is 4.83 Å². The summed E-state index contributed by atoms with van der Waals surface area (Å²) in [4.78, 5) is 11.3. The molecule has 2 heterocycles. The summed E-state index contributed by atoms with van der Waals surface area (Å²) in [5, 5.41) is 2.80. The monoisotopic (exact) mass is 385 g/mol. The highest BCUT2D eigenvalue weighted by Crippen LogP contribution is 2.39. The van der Waals surface area contributed by atoms with Gasteiger partial charge in [0.1, 0.15) is 5.75 Å². The SMILES string of the molecule is O=C1COc2ccc(C(Br)c3ccoc3Br)cc2N1. The van der Waals surface area contributed by atoms with Gasteiger partial charge in [-0.2, -0.15) is 0 Å². The van der Waals surface area contributed by atoms with Crippen LogP contribution in [0.25, 0.3) is 0 Å². The van der Waals surface area contributed by atoms with E-state index in [2.05, 4.69) is 37.2 Å². The number of carbonyl (C=O) groups is 1. The number of hydrogen-bond donors (Lipinski definition) is 1. The van der Waals surface area contributed by atoms with Gasteiger partial charge in [-0.1, -0.05) is 22.0 Å². The summed E-state index contributed by atoms with van der Waals surface area (Å²) in [5.74, 6) is 0.551. The first-order valence-electron chi connectivity index (χ1n) is 5.58. The number of fused-ring (bicyclic) bond motifs is 1. The molecule has 0 spiro atoms. The van der Waals surface area contributed by atoms with Crippen molar-refractivity contribution in [3.05, 3.63) is 46.3 Å². The first kappa shape index (κ1) is 12.7. The van der Waals surface area contributed by atoms with Crippen molar-refractivity contribution < 1.29 is 13.9 Å². The van der Waals surface area contributed by atoms with E-state index in [1.165, 1.54) is 0 Å². The zero-order valence-electron chi connectivity index (χ0n) is 9.65. The molecule has 1 aromatic carbocycles. The van der Waals surface area contributed by atoms with Crippen molar-refractivity contribution in [3.63, 3.8) is 0 Å². The number of amides is 1. The van der Waals surface area contributed by atoms with Crippen LogP contribution in [0, 0.1) is 0 Å². The number of furan rings is 1. The molecule has 0 saturated heterocycles. The fourth-order valence-corrected chi connectivity index (χ4v) is 3.34. The average molecular weight is 387 g/mol. The van der Waals surface area contributed by atoms with Crippen LogP contribution in [0.1, 0.15) is 16.0 Å². The van der Waals surface area contributed by atoms with Crippen LogP contribution in [0.3, 0.4) is 0 Å². The number of hydrogen-bond acceptors (Lipinski definition) is 3. The van der Waals surface area contributed by atoms with Crippen molar-refractivity contribution in [3.8, 4) is 5.75 Å². The van der Waals surface area contributed by atoms with E-state index in [4.69, 9.17) is 9.15 Å². The maximum atomic E-state index is 11.3. The topological polar surface area (TPSA) is 51.5 Å². The molecule has 1 atom stereocenters. The van der Waals surface area contributed by atoms with Gasteiger partial charge in [0.2, 0.25) is 0 Å². The number of nitrogens with one attached hydrogen (secondary N) is 1. The summed E-state index contributed by atoms with van der Waals surface area (Å²) in [6, 6.07) is 7.59. The highest BCUT2D eigenvalue weighted by atomic mass is 79.9. The second-order valence-electron chi connectivity index (χ2n) is 4.10. The number of alkyl halides is 1. The Bertz CT molecular complexity index is 639. The molecule has 6 heteroatoms. The summed E-state index contributed by atoms with van der Waals surface area (Å²) in [5.41, 5.74) is 2.69. The van der Waals surface area contributed by atoms with Crippen LogP contribution < -0.4 is 10.1 Å². The molecule has 0 bridgehead atoms. The molecule has 4 nitrogen and oxygen atoms in total. The van der Waals surface area contributed by atoms with Gasteiger partial charge in [0.15, 0.2) is 11.3 Å². The third kappa shape index (κ3) is 2.42. The zero-order valence-corrected chi connectivity index (χ0v) is 12.8. The van der Waals surface area contributed by atoms with E-state index in [-0.39, 0.29) is 17.3 Å². The Morgan fingerprint density at radius 3 is 2.89 bits per heavy atom. The highest BCUT2D eigenvalue weighted by molar-refractivity contribution is 9.10. The van der Waals surface area contributed by atoms with E-state index in [1.807, 2.05) is 24.3 Å². The van der Waals surface area contributed by atoms with Gasteiger partial charge in [0.05, 0.1) is 16.8 Å². The molecular formula is C13H9Br2NO3. The van der Waals surface area contributed by atoms with Crippen LogP contribution in [0.15, 0.2) is 39.6 Å². The van der Waals surface area contributed by atoms with Crippen molar-refractivity contribution in [1.29, 1.82) is 0 Å². The predicted molar refractivity (Wildman–Crippen MR) is 77.7 cm³/mol. The lowest BCUT2D eigenvalue weighted by molar-refractivity contribution is -0.118. The maximum Gasteiger partial charge on any atom is 0.262 e. The van der Waals surface area contributed by atoms with Crippen LogP contribution in [0.4, 0.5) is 5.69 Å². The number of rotatable bonds is 2. The Balaban J connectivity index is 1.96. The summed E-state index contributed by atoms with van der Waals surface area (Å²) in [6.45, 7) is 0.0668. The van der Waals surface area contributed by atoms with Gasteiger partial charge < -0.3 is 14.5 Å². The molecule has 0 radical (unpaired) electrons. The van der Waals surface area contributed by atoms with Gasteiger partial charge in [0, 0.05) is 5.56 Å². The Kier molecular flexibility index (Phi) is 3.36. The van der Waals surface area contributed by atoms with Crippen molar-refractivity contribution in [1.82, 2.24) is 0 Å². The second kappa shape index (κ2) is 5.02. The lowest BCUT2D eigenvalue weighted by Gasteiger charge is -2.19. The molecule has 1 aromatic heterocycles. The lowest BCUT2D eigenvalue weighted by Crippen LogP contribution is -2.25. The van der Waals surface area contributed by atoms with Gasteiger partial charge in [0.25, 0.3) is 5.91 Å². The minimum atomic E-state index is -0.139. The molecule has 1 aliphatic heterocycles. The van der Waals surface area contributed by atoms with Crippen molar-refractivity contribution in [2.75, 3.05) is 11.9 Å². The van der Waals surface area contributed by atoms with E-state index in [1.54, 1.807) is 6.26 Å². The second-order valence-corrected chi connectivity index (χ2v) is 5.74. The van der Waals surface area contributed by atoms with Crippen molar-refractivity contribution in [2.24, 2.45) is 0 Å². The number of benzene rings is 1. The van der Waals surface area contributed by atoms with E-state index in [0.29, 0.717) is 16.1 Å². The smallest absolute Gasteiger partial charge is 0.262 e. The van der Waals surface area contributed by atoms with Crippen LogP contribution in [0.2, 0.25) is 0 Å². The molecular weight excluding hydrogens is 378 g/mol. The summed E-state index contributed by atoms with van der Waals surface area (Å²) in [6.07, 6.45) is 1.62. The molecule has 1 aliphatic rings. The molecule has 1 amide bonds. The molecule has 2 aromatic rings. The number of halogens is 2. The Labute approximate surface area is 126 Å². The molecule has 0 saturated carbocycles. The van der Waals surface area contributed by atoms with Gasteiger partial charge >= 0.3 is 0 Å². The normalized spacial score (nSPS) is 15.4. The first-order valence-corrected chi connectivity index (χ1v) is 7.29. The number of anilines is 1. The van der Waals surface area contributed by atoms with Crippen LogP contribution in [-0.4, -0.2) is 12.5 Å².